The van der Waals surface area contributed by atoms with Gasteiger partial charge in [-0.1, -0.05) is 122 Å². The third-order valence-corrected chi connectivity index (χ3v) is 3.43. The zero-order valence-electron chi connectivity index (χ0n) is 14.6. The van der Waals surface area contributed by atoms with Crippen LogP contribution in [0.2, 0.25) is 0 Å². The van der Waals surface area contributed by atoms with Gasteiger partial charge in [-0.05, 0) is 25.7 Å². The summed E-state index contributed by atoms with van der Waals surface area (Å²) < 4.78 is 0. The minimum Gasteiger partial charge on any atom is -0.0845 e. The van der Waals surface area contributed by atoms with Crippen LogP contribution < -0.4 is 0 Å². The van der Waals surface area contributed by atoms with Crippen molar-refractivity contribution >= 4 is 0 Å². The summed E-state index contributed by atoms with van der Waals surface area (Å²) in [6, 6.07) is 0. The Morgan fingerprint density at radius 3 is 0.792 bits per heavy atom. The van der Waals surface area contributed by atoms with Crippen molar-refractivity contribution in [1.29, 1.82) is 0 Å². The van der Waals surface area contributed by atoms with E-state index in [1.54, 1.807) is 0 Å². The van der Waals surface area contributed by atoms with E-state index in [4.69, 9.17) is 0 Å². The summed E-state index contributed by atoms with van der Waals surface area (Å²) in [6.07, 6.45) is 45.0. The molecule has 0 bridgehead atoms. The molecule has 0 atom stereocenters. The highest BCUT2D eigenvalue weighted by Gasteiger charge is 1.86. The molecule has 0 unspecified atom stereocenters. The first kappa shape index (κ1) is 19.7. The predicted molar refractivity (Wildman–Crippen MR) is 110 cm³/mol. The van der Waals surface area contributed by atoms with E-state index in [2.05, 4.69) is 48.6 Å². The fourth-order valence-corrected chi connectivity index (χ4v) is 2.13. The Kier molecular flexibility index (Phi) is 14.0. The summed E-state index contributed by atoms with van der Waals surface area (Å²) in [5.74, 6) is 0. The second kappa shape index (κ2) is 17.0. The Morgan fingerprint density at radius 1 is 0.250 bits per heavy atom. The molecule has 1 aliphatic rings. The molecule has 0 heteroatoms. The van der Waals surface area contributed by atoms with Crippen LogP contribution in [0.25, 0.3) is 0 Å². The molecule has 0 radical (unpaired) electrons. The van der Waals surface area contributed by atoms with Crippen LogP contribution in [0.5, 0.6) is 0 Å². The lowest BCUT2D eigenvalue weighted by Crippen LogP contribution is -1.76. The smallest absolute Gasteiger partial charge is 0.0348 e. The molecule has 0 N–H and O–H groups in total. The van der Waals surface area contributed by atoms with Gasteiger partial charge in [0.25, 0.3) is 0 Å². The van der Waals surface area contributed by atoms with E-state index in [-0.39, 0.29) is 0 Å². The first-order valence-corrected chi connectivity index (χ1v) is 8.98. The van der Waals surface area contributed by atoms with E-state index in [1.165, 1.54) is 38.5 Å². The first-order chi connectivity index (χ1) is 12.0. The molecule has 0 nitrogen and oxygen atoms in total. The van der Waals surface area contributed by atoms with Crippen LogP contribution in [0, 0.1) is 0 Å². The van der Waals surface area contributed by atoms with Crippen LogP contribution in [0.1, 0.15) is 38.5 Å². The minimum atomic E-state index is 1.18. The highest BCUT2D eigenvalue weighted by atomic mass is 13.9. The van der Waals surface area contributed by atoms with Gasteiger partial charge in [-0.2, -0.15) is 0 Å². The van der Waals surface area contributed by atoms with Crippen molar-refractivity contribution in [2.75, 3.05) is 0 Å². The molecule has 0 saturated carbocycles. The molecular weight excluding hydrogens is 288 g/mol. The summed E-state index contributed by atoms with van der Waals surface area (Å²) in [7, 11) is 0. The van der Waals surface area contributed by atoms with Crippen LogP contribution in [0.4, 0.5) is 0 Å². The molecule has 24 heavy (non-hydrogen) atoms. The van der Waals surface area contributed by atoms with Gasteiger partial charge in [0.1, 0.15) is 0 Å². The summed E-state index contributed by atoms with van der Waals surface area (Å²) in [5.41, 5.74) is 0. The number of rotatable bonds is 0. The Balaban J connectivity index is 2.48. The van der Waals surface area contributed by atoms with Crippen LogP contribution in [0.3, 0.4) is 0 Å². The maximum absolute atomic E-state index is 2.26. The normalized spacial score (nSPS) is 28.7. The molecule has 0 aliphatic heterocycles. The number of hydrogen-bond acceptors (Lipinski definition) is 0. The lowest BCUT2D eigenvalue weighted by atomic mass is 10.1. The van der Waals surface area contributed by atoms with Crippen LogP contribution in [-0.4, -0.2) is 0 Å². The fourth-order valence-electron chi connectivity index (χ4n) is 2.13. The Labute approximate surface area is 148 Å². The number of hydrogen-bond donors (Lipinski definition) is 0. The Bertz CT molecular complexity index is 493. The van der Waals surface area contributed by atoms with E-state index in [9.17, 15) is 0 Å². The molecule has 0 aromatic rings. The summed E-state index contributed by atoms with van der Waals surface area (Å²) >= 11 is 0. The van der Waals surface area contributed by atoms with Gasteiger partial charge in [0.15, 0.2) is 0 Å². The molecule has 0 aromatic heterocycles. The maximum atomic E-state index is 2.26. The lowest BCUT2D eigenvalue weighted by Gasteiger charge is -1.96. The zero-order valence-corrected chi connectivity index (χ0v) is 14.6. The van der Waals surface area contributed by atoms with Crippen molar-refractivity contribution in [3.05, 3.63) is 109 Å². The highest BCUT2D eigenvalue weighted by molar-refractivity contribution is 5.21. The standard InChI is InChI=1S/C24H30/c1-2-4-6-8-10-12-14-16-18-20-22-24-23-21-19-17-15-13-11-9-7-5-3-1/h1-18H,19-24H2/b2-1+,5-3+,6-4+,9-7-,10-8-,13-11+,14-12+,17-15+,18-16?. The maximum Gasteiger partial charge on any atom is -0.0348 e. The van der Waals surface area contributed by atoms with Gasteiger partial charge in [-0.15, -0.1) is 0 Å². The van der Waals surface area contributed by atoms with Crippen molar-refractivity contribution < 1.29 is 0 Å². The second-order valence-electron chi connectivity index (χ2n) is 5.54. The Hall–Kier alpha value is -2.34. The van der Waals surface area contributed by atoms with Gasteiger partial charge in [-0.3, -0.25) is 0 Å². The third-order valence-electron chi connectivity index (χ3n) is 3.43. The molecule has 0 aromatic carbocycles. The Morgan fingerprint density at radius 2 is 0.500 bits per heavy atom. The van der Waals surface area contributed by atoms with Gasteiger partial charge in [0, 0.05) is 0 Å². The van der Waals surface area contributed by atoms with Gasteiger partial charge < -0.3 is 0 Å². The second-order valence-corrected chi connectivity index (χ2v) is 5.54. The van der Waals surface area contributed by atoms with Crippen LogP contribution in [-0.2, 0) is 0 Å². The third kappa shape index (κ3) is 14.6. The van der Waals surface area contributed by atoms with Gasteiger partial charge >= 0.3 is 0 Å². The fraction of sp³-hybridized carbons (Fsp3) is 0.250. The highest BCUT2D eigenvalue weighted by Crippen LogP contribution is 2.06. The minimum absolute atomic E-state index is 1.18. The quantitative estimate of drug-likeness (QED) is 0.438. The average Bonchev–Trinajstić information content (AvgIpc) is 2.59. The van der Waals surface area contributed by atoms with Gasteiger partial charge in [0.2, 0.25) is 0 Å². The van der Waals surface area contributed by atoms with Crippen molar-refractivity contribution in [3.63, 3.8) is 0 Å². The lowest BCUT2D eigenvalue weighted by molar-refractivity contribution is 0.652. The largest absolute Gasteiger partial charge is 0.0845 e. The molecule has 0 fully saturated rings. The first-order valence-electron chi connectivity index (χ1n) is 8.98. The monoisotopic (exact) mass is 318 g/mol. The van der Waals surface area contributed by atoms with Crippen molar-refractivity contribution in [2.45, 2.75) is 38.5 Å². The number of allylic oxidation sites excluding steroid dienone is 18. The summed E-state index contributed by atoms with van der Waals surface area (Å²) in [4.78, 5) is 0. The molecule has 1 rings (SSSR count). The predicted octanol–water partition coefficient (Wildman–Crippen LogP) is 7.35. The molecule has 0 spiro atoms. The van der Waals surface area contributed by atoms with Crippen molar-refractivity contribution in [1.82, 2.24) is 0 Å². The molecule has 1 aliphatic carbocycles. The van der Waals surface area contributed by atoms with E-state index < -0.39 is 0 Å². The molecule has 0 amide bonds. The summed E-state index contributed by atoms with van der Waals surface area (Å²) in [6.45, 7) is 0. The topological polar surface area (TPSA) is 0 Å². The molecule has 126 valence electrons. The van der Waals surface area contributed by atoms with E-state index in [0.717, 1.165) is 0 Å². The van der Waals surface area contributed by atoms with E-state index >= 15 is 0 Å². The molecular formula is C24H30. The van der Waals surface area contributed by atoms with Crippen molar-refractivity contribution in [3.8, 4) is 0 Å². The van der Waals surface area contributed by atoms with E-state index in [1.807, 2.05) is 60.8 Å². The van der Waals surface area contributed by atoms with E-state index in [0.29, 0.717) is 0 Å². The molecule has 0 saturated heterocycles. The summed E-state index contributed by atoms with van der Waals surface area (Å²) in [5, 5.41) is 0. The SMILES string of the molecule is C1=CCCCCCC/C=C/C=C/C=C\C=C\C=C\C=C\C=C/C=C/1. The van der Waals surface area contributed by atoms with Gasteiger partial charge in [0.05, 0.1) is 0 Å². The molecule has 0 heterocycles. The average molecular weight is 319 g/mol. The van der Waals surface area contributed by atoms with Crippen LogP contribution in [0.15, 0.2) is 109 Å². The van der Waals surface area contributed by atoms with Crippen LogP contribution >= 0.6 is 0 Å². The zero-order chi connectivity index (χ0) is 17.0. The van der Waals surface area contributed by atoms with Crippen molar-refractivity contribution in [2.24, 2.45) is 0 Å². The van der Waals surface area contributed by atoms with Gasteiger partial charge in [-0.25, -0.2) is 0 Å².